The second kappa shape index (κ2) is 5.88. The first kappa shape index (κ1) is 14.1. The summed E-state index contributed by atoms with van der Waals surface area (Å²) in [7, 11) is 0. The number of benzene rings is 2. The first-order valence-corrected chi connectivity index (χ1v) is 7.27. The van der Waals surface area contributed by atoms with Gasteiger partial charge in [-0.25, -0.2) is 4.39 Å². The van der Waals surface area contributed by atoms with Gasteiger partial charge in [0, 0.05) is 28.7 Å². The summed E-state index contributed by atoms with van der Waals surface area (Å²) in [4.78, 5) is 0. The van der Waals surface area contributed by atoms with E-state index in [1.54, 1.807) is 6.07 Å². The number of rotatable bonds is 4. The Bertz CT molecular complexity index is 780. The number of nitrogens with two attached hydrogens (primary N) is 1. The van der Waals surface area contributed by atoms with Crippen LogP contribution in [-0.4, -0.2) is 11.1 Å². The van der Waals surface area contributed by atoms with Crippen LogP contribution >= 0.6 is 11.6 Å². The third kappa shape index (κ3) is 2.80. The molecule has 0 saturated heterocycles. The molecule has 0 amide bonds. The van der Waals surface area contributed by atoms with Gasteiger partial charge < -0.3 is 10.3 Å². The quantitative estimate of drug-likeness (QED) is 0.776. The Morgan fingerprint density at radius 3 is 2.76 bits per heavy atom. The van der Waals surface area contributed by atoms with Crippen molar-refractivity contribution in [2.24, 2.45) is 5.73 Å². The smallest absolute Gasteiger partial charge is 0.123 e. The summed E-state index contributed by atoms with van der Waals surface area (Å²) in [5.74, 6) is -0.269. The second-order valence-electron chi connectivity index (χ2n) is 5.07. The Labute approximate surface area is 127 Å². The Kier molecular flexibility index (Phi) is 3.95. The van der Waals surface area contributed by atoms with E-state index in [-0.39, 0.29) is 5.82 Å². The highest BCUT2D eigenvalue weighted by molar-refractivity contribution is 6.31. The number of hydrogen-bond donors (Lipinski definition) is 1. The van der Waals surface area contributed by atoms with Crippen molar-refractivity contribution in [2.75, 3.05) is 6.54 Å². The molecule has 3 aromatic rings. The largest absolute Gasteiger partial charge is 0.343 e. The van der Waals surface area contributed by atoms with Crippen LogP contribution in [0.5, 0.6) is 0 Å². The summed E-state index contributed by atoms with van der Waals surface area (Å²) in [5, 5.41) is 1.77. The van der Waals surface area contributed by atoms with Gasteiger partial charge in [0.2, 0.25) is 0 Å². The van der Waals surface area contributed by atoms with E-state index in [1.807, 2.05) is 12.3 Å². The Hall–Kier alpha value is -1.84. The Morgan fingerprint density at radius 1 is 1.10 bits per heavy atom. The van der Waals surface area contributed by atoms with Gasteiger partial charge in [-0.2, -0.15) is 0 Å². The highest BCUT2D eigenvalue weighted by atomic mass is 35.5. The Morgan fingerprint density at radius 2 is 1.95 bits per heavy atom. The van der Waals surface area contributed by atoms with Gasteiger partial charge in [-0.3, -0.25) is 0 Å². The van der Waals surface area contributed by atoms with Crippen molar-refractivity contribution in [3.63, 3.8) is 0 Å². The summed E-state index contributed by atoms with van der Waals surface area (Å²) >= 11 is 6.15. The van der Waals surface area contributed by atoms with Crippen molar-refractivity contribution in [2.45, 2.75) is 13.0 Å². The number of fused-ring (bicyclic) bond motifs is 1. The molecule has 1 aromatic heterocycles. The summed E-state index contributed by atoms with van der Waals surface area (Å²) in [6.45, 7) is 1.17. The standard InChI is InChI=1S/C17H16ClFN2/c18-16-5-4-14(19)10-13(16)11-21-9-7-15-12(6-8-20)2-1-3-17(15)21/h1-5,7,9-10H,6,8,11,20H2. The van der Waals surface area contributed by atoms with Crippen LogP contribution in [0.25, 0.3) is 10.9 Å². The molecule has 2 nitrogen and oxygen atoms in total. The van der Waals surface area contributed by atoms with Crippen molar-refractivity contribution >= 4 is 22.5 Å². The van der Waals surface area contributed by atoms with Gasteiger partial charge in [0.1, 0.15) is 5.82 Å². The summed E-state index contributed by atoms with van der Waals surface area (Å²) < 4.78 is 15.5. The molecule has 0 bridgehead atoms. The zero-order valence-electron chi connectivity index (χ0n) is 11.5. The normalized spacial score (nSPS) is 11.2. The molecule has 3 rings (SSSR count). The first-order valence-electron chi connectivity index (χ1n) is 6.90. The molecule has 0 unspecified atom stereocenters. The van der Waals surface area contributed by atoms with Crippen molar-refractivity contribution < 1.29 is 4.39 Å². The molecule has 0 aliphatic heterocycles. The average Bonchev–Trinajstić information content (AvgIpc) is 2.88. The van der Waals surface area contributed by atoms with Gasteiger partial charge in [-0.05, 0) is 54.4 Å². The lowest BCUT2D eigenvalue weighted by Gasteiger charge is -2.09. The monoisotopic (exact) mass is 302 g/mol. The third-order valence-electron chi connectivity index (χ3n) is 3.67. The molecule has 0 spiro atoms. The summed E-state index contributed by atoms with van der Waals surface area (Å²) in [5.41, 5.74) is 8.78. The van der Waals surface area contributed by atoms with Crippen LogP contribution in [0.2, 0.25) is 5.02 Å². The molecule has 2 aromatic carbocycles. The summed E-state index contributed by atoms with van der Waals surface area (Å²) in [6.07, 6.45) is 2.86. The van der Waals surface area contributed by atoms with Gasteiger partial charge in [0.15, 0.2) is 0 Å². The summed E-state index contributed by atoms with van der Waals surface area (Å²) in [6, 6.07) is 12.7. The maximum Gasteiger partial charge on any atom is 0.123 e. The molecular weight excluding hydrogens is 287 g/mol. The molecule has 108 valence electrons. The Balaban J connectivity index is 2.01. The maximum absolute atomic E-state index is 13.4. The van der Waals surface area contributed by atoms with Crippen LogP contribution in [0.3, 0.4) is 0 Å². The molecular formula is C17H16ClFN2. The van der Waals surface area contributed by atoms with Crippen LogP contribution in [0.15, 0.2) is 48.7 Å². The molecule has 0 radical (unpaired) electrons. The maximum atomic E-state index is 13.4. The van der Waals surface area contributed by atoms with Crippen LogP contribution < -0.4 is 5.73 Å². The SMILES string of the molecule is NCCc1cccc2c1ccn2Cc1cc(F)ccc1Cl. The minimum absolute atomic E-state index is 0.269. The van der Waals surface area contributed by atoms with E-state index in [9.17, 15) is 4.39 Å². The molecule has 0 aliphatic rings. The van der Waals surface area contributed by atoms with E-state index in [0.29, 0.717) is 18.1 Å². The van der Waals surface area contributed by atoms with Crippen LogP contribution in [0.4, 0.5) is 4.39 Å². The number of nitrogens with zero attached hydrogens (tertiary/aromatic N) is 1. The average molecular weight is 303 g/mol. The van der Waals surface area contributed by atoms with Crippen LogP contribution in [0.1, 0.15) is 11.1 Å². The molecule has 21 heavy (non-hydrogen) atoms. The number of halogens is 2. The van der Waals surface area contributed by atoms with E-state index >= 15 is 0 Å². The molecule has 0 aliphatic carbocycles. The van der Waals surface area contributed by atoms with E-state index < -0.39 is 0 Å². The van der Waals surface area contributed by atoms with E-state index in [2.05, 4.69) is 22.8 Å². The minimum Gasteiger partial charge on any atom is -0.343 e. The molecule has 0 atom stereocenters. The highest BCUT2D eigenvalue weighted by Gasteiger charge is 2.08. The van der Waals surface area contributed by atoms with Gasteiger partial charge >= 0.3 is 0 Å². The lowest BCUT2D eigenvalue weighted by Crippen LogP contribution is -2.03. The predicted octanol–water partition coefficient (Wildman–Crippen LogP) is 3.98. The zero-order chi connectivity index (χ0) is 14.8. The van der Waals surface area contributed by atoms with Crippen molar-refractivity contribution in [3.8, 4) is 0 Å². The van der Waals surface area contributed by atoms with Crippen molar-refractivity contribution in [3.05, 3.63) is 70.6 Å². The van der Waals surface area contributed by atoms with Gasteiger partial charge in [0.25, 0.3) is 0 Å². The number of aromatic nitrogens is 1. The molecule has 0 fully saturated rings. The number of hydrogen-bond acceptors (Lipinski definition) is 1. The van der Waals surface area contributed by atoms with Crippen LogP contribution in [-0.2, 0) is 13.0 Å². The first-order chi connectivity index (χ1) is 10.2. The predicted molar refractivity (Wildman–Crippen MR) is 85.2 cm³/mol. The minimum atomic E-state index is -0.269. The van der Waals surface area contributed by atoms with Gasteiger partial charge in [-0.15, -0.1) is 0 Å². The van der Waals surface area contributed by atoms with Crippen LogP contribution in [0, 0.1) is 5.82 Å². The fraction of sp³-hybridized carbons (Fsp3) is 0.176. The van der Waals surface area contributed by atoms with E-state index in [1.165, 1.54) is 23.1 Å². The molecule has 0 saturated carbocycles. The lowest BCUT2D eigenvalue weighted by molar-refractivity contribution is 0.624. The van der Waals surface area contributed by atoms with Gasteiger partial charge in [-0.1, -0.05) is 23.7 Å². The second-order valence-corrected chi connectivity index (χ2v) is 5.48. The van der Waals surface area contributed by atoms with E-state index in [4.69, 9.17) is 17.3 Å². The molecule has 2 N–H and O–H groups in total. The van der Waals surface area contributed by atoms with E-state index in [0.717, 1.165) is 17.5 Å². The fourth-order valence-corrected chi connectivity index (χ4v) is 2.82. The van der Waals surface area contributed by atoms with Gasteiger partial charge in [0.05, 0.1) is 0 Å². The molecule has 1 heterocycles. The highest BCUT2D eigenvalue weighted by Crippen LogP contribution is 2.24. The fourth-order valence-electron chi connectivity index (χ4n) is 2.65. The topological polar surface area (TPSA) is 30.9 Å². The van der Waals surface area contributed by atoms with Crippen molar-refractivity contribution in [1.82, 2.24) is 4.57 Å². The molecule has 4 heteroatoms. The van der Waals surface area contributed by atoms with Crippen molar-refractivity contribution in [1.29, 1.82) is 0 Å². The lowest BCUT2D eigenvalue weighted by atomic mass is 10.1. The zero-order valence-corrected chi connectivity index (χ0v) is 12.3. The third-order valence-corrected chi connectivity index (χ3v) is 4.03.